The second kappa shape index (κ2) is 6.51. The topological polar surface area (TPSA) is 85.8 Å². The smallest absolute Gasteiger partial charge is 0.289 e. The number of aryl methyl sites for hydroxylation is 1. The summed E-state index contributed by atoms with van der Waals surface area (Å²) >= 11 is 0. The Morgan fingerprint density at radius 1 is 1.36 bits per heavy atom. The van der Waals surface area contributed by atoms with Crippen LogP contribution >= 0.6 is 0 Å². The van der Waals surface area contributed by atoms with Crippen LogP contribution in [0.25, 0.3) is 11.1 Å². The first-order valence-electron chi connectivity index (χ1n) is 8.40. The molecule has 0 saturated heterocycles. The van der Waals surface area contributed by atoms with Crippen LogP contribution in [0.2, 0.25) is 0 Å². The monoisotopic (exact) mass is 337 g/mol. The normalized spacial score (nSPS) is 13.8. The molecule has 4 rings (SSSR count). The Bertz CT molecular complexity index is 880. The van der Waals surface area contributed by atoms with Gasteiger partial charge in [-0.1, -0.05) is 5.16 Å². The molecule has 0 spiro atoms. The molecule has 1 amide bonds. The summed E-state index contributed by atoms with van der Waals surface area (Å²) in [5.74, 6) is 0.534. The second-order valence-corrected chi connectivity index (χ2v) is 6.27. The third-order valence-corrected chi connectivity index (χ3v) is 4.30. The molecule has 0 unspecified atom stereocenters. The van der Waals surface area contributed by atoms with Gasteiger partial charge in [0.25, 0.3) is 5.91 Å². The van der Waals surface area contributed by atoms with Gasteiger partial charge < -0.3 is 9.84 Å². The maximum atomic E-state index is 12.0. The Balaban J connectivity index is 1.46. The molecule has 1 aliphatic rings. The van der Waals surface area contributed by atoms with Crippen LogP contribution in [-0.4, -0.2) is 32.4 Å². The van der Waals surface area contributed by atoms with Gasteiger partial charge in [-0.15, -0.1) is 0 Å². The Hall–Kier alpha value is -2.96. The van der Waals surface area contributed by atoms with Crippen LogP contribution in [0.5, 0.6) is 0 Å². The number of aromatic nitrogens is 4. The predicted molar refractivity (Wildman–Crippen MR) is 91.0 cm³/mol. The second-order valence-electron chi connectivity index (χ2n) is 6.27. The fourth-order valence-electron chi connectivity index (χ4n) is 2.95. The highest BCUT2D eigenvalue weighted by Crippen LogP contribution is 2.44. The molecular formula is C18H19N5O2. The van der Waals surface area contributed by atoms with Crippen LogP contribution in [0.1, 0.15) is 40.7 Å². The molecule has 7 heteroatoms. The number of nitrogens with one attached hydrogen (secondary N) is 1. The molecule has 1 saturated carbocycles. The van der Waals surface area contributed by atoms with Crippen molar-refractivity contribution in [2.24, 2.45) is 0 Å². The summed E-state index contributed by atoms with van der Waals surface area (Å²) in [7, 11) is 0. The molecule has 7 nitrogen and oxygen atoms in total. The lowest BCUT2D eigenvalue weighted by Gasteiger charge is -2.09. The fourth-order valence-corrected chi connectivity index (χ4v) is 2.95. The van der Waals surface area contributed by atoms with Gasteiger partial charge in [0.1, 0.15) is 0 Å². The van der Waals surface area contributed by atoms with Crippen LogP contribution in [-0.2, 0) is 6.54 Å². The van der Waals surface area contributed by atoms with E-state index in [1.807, 2.05) is 23.0 Å². The summed E-state index contributed by atoms with van der Waals surface area (Å²) in [6.07, 6.45) is 7.87. The van der Waals surface area contributed by atoms with Crippen molar-refractivity contribution >= 4 is 5.91 Å². The summed E-state index contributed by atoms with van der Waals surface area (Å²) in [6, 6.07) is 5.63. The number of amides is 1. The minimum absolute atomic E-state index is 0.234. The summed E-state index contributed by atoms with van der Waals surface area (Å²) < 4.78 is 6.97. The van der Waals surface area contributed by atoms with E-state index in [1.165, 1.54) is 18.5 Å². The van der Waals surface area contributed by atoms with Gasteiger partial charge in [0, 0.05) is 42.2 Å². The molecule has 1 aliphatic carbocycles. The Morgan fingerprint density at radius 3 is 2.84 bits per heavy atom. The van der Waals surface area contributed by atoms with E-state index in [2.05, 4.69) is 20.6 Å². The van der Waals surface area contributed by atoms with E-state index in [-0.39, 0.29) is 11.7 Å². The summed E-state index contributed by atoms with van der Waals surface area (Å²) in [5, 5.41) is 11.1. The molecule has 0 atom stereocenters. The fraction of sp³-hybridized carbons (Fsp3) is 0.333. The molecule has 0 aromatic carbocycles. The predicted octanol–water partition coefficient (Wildman–Crippen LogP) is 2.55. The molecule has 0 radical (unpaired) electrons. The molecule has 128 valence electrons. The van der Waals surface area contributed by atoms with Crippen molar-refractivity contribution in [2.75, 3.05) is 6.54 Å². The first-order valence-corrected chi connectivity index (χ1v) is 8.40. The number of carbonyl (C=O) groups excluding carboxylic acids is 1. The number of rotatable bonds is 6. The van der Waals surface area contributed by atoms with E-state index >= 15 is 0 Å². The minimum atomic E-state index is -0.255. The first-order chi connectivity index (χ1) is 12.2. The summed E-state index contributed by atoms with van der Waals surface area (Å²) in [5.41, 5.74) is 4.22. The highest BCUT2D eigenvalue weighted by molar-refractivity contribution is 5.91. The highest BCUT2D eigenvalue weighted by Gasteiger charge is 2.30. The average Bonchev–Trinajstić information content (AvgIpc) is 3.23. The maximum Gasteiger partial charge on any atom is 0.289 e. The SMILES string of the molecule is Cc1cc(C(=O)NCCn2ncc(-c3ccncc3)c2C2CC2)on1. The zero-order chi connectivity index (χ0) is 17.2. The zero-order valence-electron chi connectivity index (χ0n) is 14.0. The number of pyridine rings is 1. The van der Waals surface area contributed by atoms with Gasteiger partial charge >= 0.3 is 0 Å². The van der Waals surface area contributed by atoms with Crippen molar-refractivity contribution < 1.29 is 9.32 Å². The van der Waals surface area contributed by atoms with Gasteiger partial charge in [-0.3, -0.25) is 14.5 Å². The average molecular weight is 337 g/mol. The number of carbonyl (C=O) groups is 1. The van der Waals surface area contributed by atoms with Crippen molar-refractivity contribution in [3.8, 4) is 11.1 Å². The third kappa shape index (κ3) is 3.31. The van der Waals surface area contributed by atoms with Crippen LogP contribution in [0, 0.1) is 6.92 Å². The molecule has 0 aliphatic heterocycles. The Kier molecular flexibility index (Phi) is 4.05. The van der Waals surface area contributed by atoms with Crippen LogP contribution < -0.4 is 5.32 Å². The molecule has 3 aromatic rings. The van der Waals surface area contributed by atoms with E-state index in [0.717, 1.165) is 11.1 Å². The Labute approximate surface area is 145 Å². The van der Waals surface area contributed by atoms with Gasteiger partial charge in [-0.2, -0.15) is 5.10 Å². The lowest BCUT2D eigenvalue weighted by atomic mass is 10.1. The Morgan fingerprint density at radius 2 is 2.16 bits per heavy atom. The van der Waals surface area contributed by atoms with Gasteiger partial charge in [0.05, 0.1) is 18.4 Å². The van der Waals surface area contributed by atoms with Crippen molar-refractivity contribution in [1.29, 1.82) is 0 Å². The van der Waals surface area contributed by atoms with Crippen LogP contribution in [0.4, 0.5) is 0 Å². The van der Waals surface area contributed by atoms with E-state index in [0.29, 0.717) is 24.7 Å². The van der Waals surface area contributed by atoms with Crippen molar-refractivity contribution in [1.82, 2.24) is 25.2 Å². The van der Waals surface area contributed by atoms with E-state index in [9.17, 15) is 4.79 Å². The molecule has 1 fully saturated rings. The van der Waals surface area contributed by atoms with Crippen molar-refractivity contribution in [2.45, 2.75) is 32.2 Å². The highest BCUT2D eigenvalue weighted by atomic mass is 16.5. The molecular weight excluding hydrogens is 318 g/mol. The zero-order valence-corrected chi connectivity index (χ0v) is 14.0. The molecule has 1 N–H and O–H groups in total. The van der Waals surface area contributed by atoms with E-state index < -0.39 is 0 Å². The number of nitrogens with zero attached hydrogens (tertiary/aromatic N) is 4. The lowest BCUT2D eigenvalue weighted by molar-refractivity contribution is 0.0915. The largest absolute Gasteiger partial charge is 0.351 e. The third-order valence-electron chi connectivity index (χ3n) is 4.30. The molecule has 25 heavy (non-hydrogen) atoms. The maximum absolute atomic E-state index is 12.0. The van der Waals surface area contributed by atoms with Gasteiger partial charge in [0.15, 0.2) is 0 Å². The van der Waals surface area contributed by atoms with Crippen LogP contribution in [0.15, 0.2) is 41.3 Å². The molecule has 3 aromatic heterocycles. The van der Waals surface area contributed by atoms with E-state index in [4.69, 9.17) is 4.52 Å². The van der Waals surface area contributed by atoms with Crippen LogP contribution in [0.3, 0.4) is 0 Å². The number of hydrogen-bond acceptors (Lipinski definition) is 5. The van der Waals surface area contributed by atoms with Crippen molar-refractivity contribution in [3.05, 3.63) is 53.9 Å². The molecule has 3 heterocycles. The van der Waals surface area contributed by atoms with Gasteiger partial charge in [0.2, 0.25) is 5.76 Å². The number of hydrogen-bond donors (Lipinski definition) is 1. The van der Waals surface area contributed by atoms with Gasteiger partial charge in [-0.05, 0) is 37.5 Å². The molecule has 0 bridgehead atoms. The quantitative estimate of drug-likeness (QED) is 0.747. The first kappa shape index (κ1) is 15.6. The van der Waals surface area contributed by atoms with E-state index in [1.54, 1.807) is 25.4 Å². The minimum Gasteiger partial charge on any atom is -0.351 e. The standard InChI is InChI=1S/C18H19N5O2/c1-12-10-16(25-22-12)18(24)20-8-9-23-17(14-2-3-14)15(11-21-23)13-4-6-19-7-5-13/h4-7,10-11,14H,2-3,8-9H2,1H3,(H,20,24). The summed E-state index contributed by atoms with van der Waals surface area (Å²) in [6.45, 7) is 2.89. The van der Waals surface area contributed by atoms with Gasteiger partial charge in [-0.25, -0.2) is 0 Å². The van der Waals surface area contributed by atoms with Crippen molar-refractivity contribution in [3.63, 3.8) is 0 Å². The summed E-state index contributed by atoms with van der Waals surface area (Å²) in [4.78, 5) is 16.1. The lowest BCUT2D eigenvalue weighted by Crippen LogP contribution is -2.27.